The molecule has 0 saturated carbocycles. The molecule has 8 nitrogen and oxygen atoms in total. The second kappa shape index (κ2) is 10.2. The van der Waals surface area contributed by atoms with E-state index in [-0.39, 0.29) is 10.8 Å². The van der Waals surface area contributed by atoms with Crippen LogP contribution in [0.4, 0.5) is 5.69 Å². The highest BCUT2D eigenvalue weighted by Gasteiger charge is 2.27. The summed E-state index contributed by atoms with van der Waals surface area (Å²) >= 11 is 0. The van der Waals surface area contributed by atoms with Crippen molar-refractivity contribution in [2.45, 2.75) is 31.7 Å². The number of sulfonamides is 1. The highest BCUT2D eigenvalue weighted by molar-refractivity contribution is 7.89. The van der Waals surface area contributed by atoms with Gasteiger partial charge in [0.15, 0.2) is 0 Å². The molecule has 0 radical (unpaired) electrons. The van der Waals surface area contributed by atoms with Crippen LogP contribution in [0.5, 0.6) is 0 Å². The van der Waals surface area contributed by atoms with Crippen LogP contribution in [-0.4, -0.2) is 58.0 Å². The Bertz CT molecular complexity index is 1230. The number of nitrogens with one attached hydrogen (secondary N) is 1. The number of ether oxygens (including phenoxy) is 1. The minimum atomic E-state index is -3.71. The van der Waals surface area contributed by atoms with Crippen molar-refractivity contribution in [3.05, 3.63) is 59.9 Å². The normalized spacial score (nSPS) is 15.6. The number of nitrogens with zero attached hydrogens (tertiary/aromatic N) is 2. The Morgan fingerprint density at radius 3 is 2.47 bits per heavy atom. The van der Waals surface area contributed by atoms with E-state index in [4.69, 9.17) is 9.15 Å². The van der Waals surface area contributed by atoms with Crippen LogP contribution in [0.2, 0.25) is 0 Å². The number of rotatable bonds is 8. The third kappa shape index (κ3) is 4.82. The Morgan fingerprint density at radius 2 is 1.79 bits per heavy atom. The molecule has 0 aliphatic carbocycles. The van der Waals surface area contributed by atoms with Gasteiger partial charge in [-0.25, -0.2) is 8.42 Å². The molecule has 1 unspecified atom stereocenters. The quantitative estimate of drug-likeness (QED) is 0.522. The van der Waals surface area contributed by atoms with Crippen LogP contribution in [0.15, 0.2) is 57.8 Å². The first-order valence-electron chi connectivity index (χ1n) is 11.6. The maximum Gasteiger partial charge on any atom is 0.254 e. The number of amides is 1. The van der Waals surface area contributed by atoms with Crippen molar-refractivity contribution in [3.8, 4) is 0 Å². The van der Waals surface area contributed by atoms with E-state index in [1.54, 1.807) is 26.0 Å². The summed E-state index contributed by atoms with van der Waals surface area (Å²) in [5, 5.41) is 3.95. The van der Waals surface area contributed by atoms with Crippen LogP contribution in [0.1, 0.15) is 42.9 Å². The molecule has 9 heteroatoms. The van der Waals surface area contributed by atoms with Gasteiger partial charge in [-0.1, -0.05) is 32.0 Å². The fourth-order valence-corrected chi connectivity index (χ4v) is 5.70. The summed E-state index contributed by atoms with van der Waals surface area (Å²) in [6.45, 7) is 8.51. The lowest BCUT2D eigenvalue weighted by atomic mass is 10.1. The smallest absolute Gasteiger partial charge is 0.254 e. The van der Waals surface area contributed by atoms with E-state index in [1.165, 1.54) is 10.4 Å². The molecule has 2 aromatic carbocycles. The Morgan fingerprint density at radius 1 is 1.09 bits per heavy atom. The molecule has 1 aliphatic rings. The SMILES string of the molecule is CCN(CC)S(=O)(=O)c1ccc(N2CCOCC2)c(C(=O)NC(C)c2cc3ccccc3o2)c1. The molecule has 1 saturated heterocycles. The number of para-hydroxylation sites is 1. The van der Waals surface area contributed by atoms with E-state index in [1.807, 2.05) is 37.3 Å². The monoisotopic (exact) mass is 485 g/mol. The highest BCUT2D eigenvalue weighted by Crippen LogP contribution is 2.28. The van der Waals surface area contributed by atoms with Crippen molar-refractivity contribution in [1.82, 2.24) is 9.62 Å². The van der Waals surface area contributed by atoms with Gasteiger partial charge in [0.25, 0.3) is 5.91 Å². The molecule has 182 valence electrons. The van der Waals surface area contributed by atoms with Crippen molar-refractivity contribution >= 4 is 32.6 Å². The van der Waals surface area contributed by atoms with Gasteiger partial charge < -0.3 is 19.4 Å². The molecular formula is C25H31N3O5S. The first-order valence-corrected chi connectivity index (χ1v) is 13.0. The predicted octanol–water partition coefficient (Wildman–Crippen LogP) is 3.79. The number of carbonyl (C=O) groups excluding carboxylic acids is 1. The molecule has 2 heterocycles. The zero-order valence-corrected chi connectivity index (χ0v) is 20.6. The molecule has 0 bridgehead atoms. The Labute approximate surface area is 200 Å². The van der Waals surface area contributed by atoms with Gasteiger partial charge in [0.05, 0.1) is 29.7 Å². The molecule has 1 aromatic heterocycles. The summed E-state index contributed by atoms with van der Waals surface area (Å²) in [5.41, 5.74) is 1.76. The van der Waals surface area contributed by atoms with E-state index in [9.17, 15) is 13.2 Å². The summed E-state index contributed by atoms with van der Waals surface area (Å²) < 4.78 is 39.0. The number of benzene rings is 2. The van der Waals surface area contributed by atoms with Crippen LogP contribution in [0.3, 0.4) is 0 Å². The largest absolute Gasteiger partial charge is 0.459 e. The van der Waals surface area contributed by atoms with Gasteiger partial charge in [0, 0.05) is 37.3 Å². The third-order valence-electron chi connectivity index (χ3n) is 6.13. The molecule has 34 heavy (non-hydrogen) atoms. The van der Waals surface area contributed by atoms with Crippen molar-refractivity contribution in [2.24, 2.45) is 0 Å². The van der Waals surface area contributed by atoms with Crippen LogP contribution in [-0.2, 0) is 14.8 Å². The van der Waals surface area contributed by atoms with E-state index >= 15 is 0 Å². The fourth-order valence-electron chi connectivity index (χ4n) is 4.21. The predicted molar refractivity (Wildman–Crippen MR) is 132 cm³/mol. The minimum Gasteiger partial charge on any atom is -0.459 e. The maximum absolute atomic E-state index is 13.5. The number of carbonyl (C=O) groups is 1. The lowest BCUT2D eigenvalue weighted by molar-refractivity contribution is 0.0934. The summed E-state index contributed by atoms with van der Waals surface area (Å²) in [6.07, 6.45) is 0. The van der Waals surface area contributed by atoms with Gasteiger partial charge in [-0.3, -0.25) is 4.79 Å². The lowest BCUT2D eigenvalue weighted by Gasteiger charge is -2.31. The summed E-state index contributed by atoms with van der Waals surface area (Å²) in [6, 6.07) is 14.0. The molecule has 3 aromatic rings. The topological polar surface area (TPSA) is 92.1 Å². The van der Waals surface area contributed by atoms with Gasteiger partial charge in [-0.05, 0) is 37.3 Å². The van der Waals surface area contributed by atoms with Crippen molar-refractivity contribution in [3.63, 3.8) is 0 Å². The average molecular weight is 486 g/mol. The van der Waals surface area contributed by atoms with Crippen molar-refractivity contribution in [2.75, 3.05) is 44.3 Å². The van der Waals surface area contributed by atoms with Gasteiger partial charge >= 0.3 is 0 Å². The standard InChI is InChI=1S/C25H31N3O5S/c1-4-28(5-2)34(30,31)20-10-11-22(27-12-14-32-15-13-27)21(17-20)25(29)26-18(3)24-16-19-8-6-7-9-23(19)33-24/h6-11,16-18H,4-5,12-15H2,1-3H3,(H,26,29). The first-order chi connectivity index (χ1) is 16.3. The molecule has 4 rings (SSSR count). The van der Waals surface area contributed by atoms with E-state index < -0.39 is 16.1 Å². The summed E-state index contributed by atoms with van der Waals surface area (Å²) in [5.74, 6) is 0.278. The van der Waals surface area contributed by atoms with Crippen molar-refractivity contribution in [1.29, 1.82) is 0 Å². The van der Waals surface area contributed by atoms with E-state index in [0.717, 1.165) is 11.0 Å². The van der Waals surface area contributed by atoms with Crippen LogP contribution >= 0.6 is 0 Å². The van der Waals surface area contributed by atoms with E-state index in [2.05, 4.69) is 10.2 Å². The minimum absolute atomic E-state index is 0.106. The Hall–Kier alpha value is -2.88. The second-order valence-corrected chi connectivity index (χ2v) is 10.2. The third-order valence-corrected chi connectivity index (χ3v) is 8.17. The number of hydrogen-bond acceptors (Lipinski definition) is 6. The maximum atomic E-state index is 13.5. The lowest BCUT2D eigenvalue weighted by Crippen LogP contribution is -2.38. The number of furan rings is 1. The van der Waals surface area contributed by atoms with Crippen LogP contribution < -0.4 is 10.2 Å². The van der Waals surface area contributed by atoms with Crippen LogP contribution in [0.25, 0.3) is 11.0 Å². The zero-order chi connectivity index (χ0) is 24.3. The highest BCUT2D eigenvalue weighted by atomic mass is 32.2. The van der Waals surface area contributed by atoms with Gasteiger partial charge in [0.2, 0.25) is 10.0 Å². The number of morpholine rings is 1. The summed E-state index contributed by atoms with van der Waals surface area (Å²) in [7, 11) is -3.71. The molecule has 1 fully saturated rings. The summed E-state index contributed by atoms with van der Waals surface area (Å²) in [4.78, 5) is 15.6. The molecular weight excluding hydrogens is 454 g/mol. The number of hydrogen-bond donors (Lipinski definition) is 1. The Kier molecular flexibility index (Phi) is 7.25. The van der Waals surface area contributed by atoms with Crippen molar-refractivity contribution < 1.29 is 22.4 Å². The molecule has 1 aliphatic heterocycles. The first kappa shape index (κ1) is 24.3. The number of fused-ring (bicyclic) bond motifs is 1. The second-order valence-electron chi connectivity index (χ2n) is 8.25. The van der Waals surface area contributed by atoms with Gasteiger partial charge in [0.1, 0.15) is 11.3 Å². The van der Waals surface area contributed by atoms with E-state index in [0.29, 0.717) is 56.4 Å². The molecule has 1 N–H and O–H groups in total. The zero-order valence-electron chi connectivity index (χ0n) is 19.8. The molecule has 1 amide bonds. The van der Waals surface area contributed by atoms with Gasteiger partial charge in [-0.15, -0.1) is 0 Å². The number of anilines is 1. The molecule has 0 spiro atoms. The Balaban J connectivity index is 1.68. The molecule has 1 atom stereocenters. The van der Waals surface area contributed by atoms with Crippen LogP contribution in [0, 0.1) is 0 Å². The average Bonchev–Trinajstić information content (AvgIpc) is 3.29. The fraction of sp³-hybridized carbons (Fsp3) is 0.400. The van der Waals surface area contributed by atoms with Gasteiger partial charge in [-0.2, -0.15) is 4.31 Å².